The van der Waals surface area contributed by atoms with Crippen molar-refractivity contribution in [3.63, 3.8) is 0 Å². The number of rotatable bonds is 8. The normalized spacial score (nSPS) is 10.5. The molecule has 0 aliphatic carbocycles. The van der Waals surface area contributed by atoms with E-state index in [9.17, 15) is 0 Å². The summed E-state index contributed by atoms with van der Waals surface area (Å²) in [4.78, 5) is 0. The van der Waals surface area contributed by atoms with E-state index in [1.807, 2.05) is 0 Å². The van der Waals surface area contributed by atoms with Crippen molar-refractivity contribution in [2.75, 3.05) is 5.33 Å². The number of hydrogen-bond donors (Lipinski definition) is 0. The molecular formula is C14H21Br. The molecule has 0 atom stereocenters. The molecule has 0 aliphatic rings. The number of benzene rings is 1. The Labute approximate surface area is 102 Å². The van der Waals surface area contributed by atoms with Gasteiger partial charge in [0.1, 0.15) is 0 Å². The maximum Gasteiger partial charge on any atom is 0.00313 e. The summed E-state index contributed by atoms with van der Waals surface area (Å²) in [6.45, 7) is 0. The van der Waals surface area contributed by atoms with E-state index in [2.05, 4.69) is 46.3 Å². The van der Waals surface area contributed by atoms with E-state index in [4.69, 9.17) is 0 Å². The van der Waals surface area contributed by atoms with Crippen LogP contribution in [0.25, 0.3) is 0 Å². The van der Waals surface area contributed by atoms with E-state index in [1.54, 1.807) is 0 Å². The monoisotopic (exact) mass is 268 g/mol. The standard InChI is InChI=1S/C14H21Br/c15-13-9-4-2-1-3-6-10-14-11-7-5-8-12-14/h5,7-8,11-12H,1-4,6,9-10,13H2. The van der Waals surface area contributed by atoms with Crippen LogP contribution in [0.3, 0.4) is 0 Å². The Kier molecular flexibility index (Phi) is 7.63. The summed E-state index contributed by atoms with van der Waals surface area (Å²) < 4.78 is 0. The van der Waals surface area contributed by atoms with Crippen molar-refractivity contribution >= 4 is 15.9 Å². The third-order valence-electron chi connectivity index (χ3n) is 2.69. The highest BCUT2D eigenvalue weighted by atomic mass is 79.9. The number of unbranched alkanes of at least 4 members (excludes halogenated alkanes) is 5. The third-order valence-corrected chi connectivity index (χ3v) is 3.25. The van der Waals surface area contributed by atoms with Gasteiger partial charge in [0, 0.05) is 5.33 Å². The van der Waals surface area contributed by atoms with Crippen molar-refractivity contribution in [3.8, 4) is 0 Å². The molecule has 0 heterocycles. The maximum atomic E-state index is 3.46. The van der Waals surface area contributed by atoms with Gasteiger partial charge in [0.15, 0.2) is 0 Å². The molecule has 0 saturated heterocycles. The minimum Gasteiger partial charge on any atom is -0.0928 e. The van der Waals surface area contributed by atoms with E-state index in [-0.39, 0.29) is 0 Å². The summed E-state index contributed by atoms with van der Waals surface area (Å²) >= 11 is 3.46. The molecule has 0 aromatic heterocycles. The summed E-state index contributed by atoms with van der Waals surface area (Å²) in [6, 6.07) is 10.8. The van der Waals surface area contributed by atoms with Crippen molar-refractivity contribution in [2.45, 2.75) is 44.9 Å². The molecular weight excluding hydrogens is 248 g/mol. The predicted octanol–water partition coefficient (Wildman–Crippen LogP) is 4.96. The minimum absolute atomic E-state index is 1.16. The lowest BCUT2D eigenvalue weighted by Gasteiger charge is -2.01. The Hall–Kier alpha value is -0.300. The molecule has 0 spiro atoms. The van der Waals surface area contributed by atoms with E-state index in [1.165, 1.54) is 50.5 Å². The molecule has 0 amide bonds. The Morgan fingerprint density at radius 1 is 0.733 bits per heavy atom. The van der Waals surface area contributed by atoms with Crippen molar-refractivity contribution < 1.29 is 0 Å². The number of aryl methyl sites for hydroxylation is 1. The van der Waals surface area contributed by atoms with Crippen LogP contribution in [0.4, 0.5) is 0 Å². The van der Waals surface area contributed by atoms with Crippen molar-refractivity contribution in [1.29, 1.82) is 0 Å². The maximum absolute atomic E-state index is 3.46. The van der Waals surface area contributed by atoms with Gasteiger partial charge in [-0.15, -0.1) is 0 Å². The quantitative estimate of drug-likeness (QED) is 0.462. The van der Waals surface area contributed by atoms with Gasteiger partial charge in [-0.05, 0) is 24.8 Å². The molecule has 0 unspecified atom stereocenters. The van der Waals surface area contributed by atoms with Crippen LogP contribution in [0.2, 0.25) is 0 Å². The summed E-state index contributed by atoms with van der Waals surface area (Å²) in [5, 5.41) is 1.16. The molecule has 0 saturated carbocycles. The SMILES string of the molecule is BrCCCCCCCCc1ccccc1. The fourth-order valence-corrected chi connectivity index (χ4v) is 2.17. The topological polar surface area (TPSA) is 0 Å². The lowest BCUT2D eigenvalue weighted by Crippen LogP contribution is -1.85. The van der Waals surface area contributed by atoms with Gasteiger partial charge in [0.2, 0.25) is 0 Å². The van der Waals surface area contributed by atoms with E-state index in [0.29, 0.717) is 0 Å². The molecule has 0 nitrogen and oxygen atoms in total. The van der Waals surface area contributed by atoms with Crippen molar-refractivity contribution in [3.05, 3.63) is 35.9 Å². The molecule has 1 rings (SSSR count). The summed E-state index contributed by atoms with van der Waals surface area (Å²) in [5.74, 6) is 0. The molecule has 15 heavy (non-hydrogen) atoms. The lowest BCUT2D eigenvalue weighted by atomic mass is 10.1. The van der Waals surface area contributed by atoms with Gasteiger partial charge in [-0.3, -0.25) is 0 Å². The Morgan fingerprint density at radius 2 is 1.33 bits per heavy atom. The first-order valence-corrected chi connectivity index (χ1v) is 7.15. The lowest BCUT2D eigenvalue weighted by molar-refractivity contribution is 0.610. The van der Waals surface area contributed by atoms with Crippen LogP contribution >= 0.6 is 15.9 Å². The first-order chi connectivity index (χ1) is 7.43. The zero-order chi connectivity index (χ0) is 10.8. The molecule has 1 aromatic rings. The molecule has 1 aromatic carbocycles. The zero-order valence-electron chi connectivity index (χ0n) is 9.42. The second kappa shape index (κ2) is 8.96. The first kappa shape index (κ1) is 12.8. The average Bonchev–Trinajstić information content (AvgIpc) is 2.29. The van der Waals surface area contributed by atoms with Crippen LogP contribution in [-0.2, 0) is 6.42 Å². The average molecular weight is 269 g/mol. The fraction of sp³-hybridized carbons (Fsp3) is 0.571. The van der Waals surface area contributed by atoms with E-state index >= 15 is 0 Å². The van der Waals surface area contributed by atoms with Crippen LogP contribution < -0.4 is 0 Å². The second-order valence-corrected chi connectivity index (χ2v) is 4.84. The van der Waals surface area contributed by atoms with E-state index in [0.717, 1.165) is 5.33 Å². The van der Waals surface area contributed by atoms with Crippen LogP contribution in [0, 0.1) is 0 Å². The zero-order valence-corrected chi connectivity index (χ0v) is 11.0. The number of hydrogen-bond acceptors (Lipinski definition) is 0. The fourth-order valence-electron chi connectivity index (χ4n) is 1.78. The molecule has 0 bridgehead atoms. The van der Waals surface area contributed by atoms with E-state index < -0.39 is 0 Å². The number of halogens is 1. The van der Waals surface area contributed by atoms with Gasteiger partial charge in [-0.2, -0.15) is 0 Å². The highest BCUT2D eigenvalue weighted by molar-refractivity contribution is 9.09. The third kappa shape index (κ3) is 6.72. The van der Waals surface area contributed by atoms with Crippen LogP contribution in [0.5, 0.6) is 0 Å². The largest absolute Gasteiger partial charge is 0.0928 e. The molecule has 1 heteroatoms. The second-order valence-electron chi connectivity index (χ2n) is 4.05. The molecule has 0 radical (unpaired) electrons. The Balaban J connectivity index is 1.93. The van der Waals surface area contributed by atoms with Gasteiger partial charge in [0.25, 0.3) is 0 Å². The molecule has 0 fully saturated rings. The smallest absolute Gasteiger partial charge is 0.00313 e. The summed E-state index contributed by atoms with van der Waals surface area (Å²) in [5.41, 5.74) is 1.48. The van der Waals surface area contributed by atoms with Crippen LogP contribution in [0.15, 0.2) is 30.3 Å². The Morgan fingerprint density at radius 3 is 2.00 bits per heavy atom. The highest BCUT2D eigenvalue weighted by Gasteiger charge is 1.93. The Bertz CT molecular complexity index is 230. The molecule has 0 N–H and O–H groups in total. The van der Waals surface area contributed by atoms with Crippen LogP contribution in [0.1, 0.15) is 44.1 Å². The van der Waals surface area contributed by atoms with Gasteiger partial charge in [-0.25, -0.2) is 0 Å². The van der Waals surface area contributed by atoms with Gasteiger partial charge >= 0.3 is 0 Å². The van der Waals surface area contributed by atoms with Crippen molar-refractivity contribution in [1.82, 2.24) is 0 Å². The molecule has 0 aliphatic heterocycles. The minimum atomic E-state index is 1.16. The summed E-state index contributed by atoms with van der Waals surface area (Å²) in [7, 11) is 0. The van der Waals surface area contributed by atoms with Gasteiger partial charge < -0.3 is 0 Å². The van der Waals surface area contributed by atoms with Crippen molar-refractivity contribution in [2.24, 2.45) is 0 Å². The number of alkyl halides is 1. The molecule has 84 valence electrons. The first-order valence-electron chi connectivity index (χ1n) is 6.03. The van der Waals surface area contributed by atoms with Gasteiger partial charge in [0.05, 0.1) is 0 Å². The van der Waals surface area contributed by atoms with Gasteiger partial charge in [-0.1, -0.05) is 71.9 Å². The highest BCUT2D eigenvalue weighted by Crippen LogP contribution is 2.10. The van der Waals surface area contributed by atoms with Crippen LogP contribution in [-0.4, -0.2) is 5.33 Å². The predicted molar refractivity (Wildman–Crippen MR) is 71.6 cm³/mol. The summed E-state index contributed by atoms with van der Waals surface area (Å²) in [6.07, 6.45) is 9.50.